The van der Waals surface area contributed by atoms with E-state index in [2.05, 4.69) is 11.4 Å². The summed E-state index contributed by atoms with van der Waals surface area (Å²) < 4.78 is 11.4. The Labute approximate surface area is 125 Å². The van der Waals surface area contributed by atoms with Crippen molar-refractivity contribution in [1.82, 2.24) is 5.32 Å². The van der Waals surface area contributed by atoms with E-state index in [1.54, 1.807) is 0 Å². The molecule has 3 rings (SSSR count). The van der Waals surface area contributed by atoms with Gasteiger partial charge in [0.15, 0.2) is 0 Å². The lowest BCUT2D eigenvalue weighted by atomic mass is 10.0. The van der Waals surface area contributed by atoms with Crippen molar-refractivity contribution in [2.75, 3.05) is 19.8 Å². The fraction of sp³-hybridized carbons (Fsp3) is 0.625. The monoisotopic (exact) mass is 295 g/mol. The molecule has 1 aromatic rings. The van der Waals surface area contributed by atoms with Crippen LogP contribution in [0.4, 0.5) is 0 Å². The standard InChI is InChI=1S/C16H22ClNO2/c17-15-3-1-2-13(10-18-14-4-5-14)16(15)20-11-12-6-8-19-9-7-12/h1-3,12,14,18H,4-11H2. The van der Waals surface area contributed by atoms with Crippen LogP contribution in [0.2, 0.25) is 5.02 Å². The molecule has 1 saturated heterocycles. The summed E-state index contributed by atoms with van der Waals surface area (Å²) in [6, 6.07) is 6.69. The van der Waals surface area contributed by atoms with Crippen LogP contribution in [0, 0.1) is 5.92 Å². The Morgan fingerprint density at radius 2 is 2.00 bits per heavy atom. The molecule has 1 aliphatic heterocycles. The maximum atomic E-state index is 6.30. The molecular formula is C16H22ClNO2. The predicted octanol–water partition coefficient (Wildman–Crippen LogP) is 3.40. The zero-order valence-electron chi connectivity index (χ0n) is 11.7. The van der Waals surface area contributed by atoms with E-state index < -0.39 is 0 Å². The van der Waals surface area contributed by atoms with Crippen LogP contribution in [0.5, 0.6) is 5.75 Å². The van der Waals surface area contributed by atoms with Crippen molar-refractivity contribution >= 4 is 11.6 Å². The molecule has 0 radical (unpaired) electrons. The van der Waals surface area contributed by atoms with Gasteiger partial charge in [0.25, 0.3) is 0 Å². The van der Waals surface area contributed by atoms with Gasteiger partial charge in [0.1, 0.15) is 5.75 Å². The Balaban J connectivity index is 1.60. The highest BCUT2D eigenvalue weighted by molar-refractivity contribution is 6.32. The lowest BCUT2D eigenvalue weighted by Gasteiger charge is -2.23. The minimum absolute atomic E-state index is 0.587. The summed E-state index contributed by atoms with van der Waals surface area (Å²) >= 11 is 6.30. The number of nitrogens with one attached hydrogen (secondary N) is 1. The minimum atomic E-state index is 0.587. The number of ether oxygens (including phenoxy) is 2. The lowest BCUT2D eigenvalue weighted by Crippen LogP contribution is -2.22. The quantitative estimate of drug-likeness (QED) is 0.872. The maximum Gasteiger partial charge on any atom is 0.142 e. The molecule has 1 aromatic carbocycles. The second-order valence-corrected chi connectivity index (χ2v) is 6.16. The summed E-state index contributed by atoms with van der Waals surface area (Å²) in [6.07, 6.45) is 4.75. The number of hydrogen-bond donors (Lipinski definition) is 1. The largest absolute Gasteiger partial charge is 0.491 e. The van der Waals surface area contributed by atoms with Gasteiger partial charge in [0, 0.05) is 31.4 Å². The average molecular weight is 296 g/mol. The zero-order chi connectivity index (χ0) is 13.8. The van der Waals surface area contributed by atoms with E-state index in [4.69, 9.17) is 21.1 Å². The molecule has 4 heteroatoms. The molecule has 1 saturated carbocycles. The molecule has 0 atom stereocenters. The molecule has 0 spiro atoms. The summed E-state index contributed by atoms with van der Waals surface area (Å²) in [4.78, 5) is 0. The van der Waals surface area contributed by atoms with Gasteiger partial charge < -0.3 is 14.8 Å². The van der Waals surface area contributed by atoms with Gasteiger partial charge in [-0.15, -0.1) is 0 Å². The Bertz CT molecular complexity index is 442. The molecule has 2 fully saturated rings. The molecule has 0 bridgehead atoms. The molecule has 1 aliphatic carbocycles. The molecule has 0 aromatic heterocycles. The molecular weight excluding hydrogens is 274 g/mol. The van der Waals surface area contributed by atoms with Gasteiger partial charge in [-0.2, -0.15) is 0 Å². The van der Waals surface area contributed by atoms with Crippen LogP contribution in [0.1, 0.15) is 31.2 Å². The summed E-state index contributed by atoms with van der Waals surface area (Å²) in [6.45, 7) is 3.29. The molecule has 0 amide bonds. The fourth-order valence-electron chi connectivity index (χ4n) is 2.51. The van der Waals surface area contributed by atoms with Crippen LogP contribution in [0.25, 0.3) is 0 Å². The van der Waals surface area contributed by atoms with Gasteiger partial charge in [-0.3, -0.25) is 0 Å². The summed E-state index contributed by atoms with van der Waals surface area (Å²) in [5, 5.41) is 4.23. The molecule has 0 unspecified atom stereocenters. The molecule has 3 nitrogen and oxygen atoms in total. The normalized spacial score (nSPS) is 20.1. The van der Waals surface area contributed by atoms with Crippen molar-refractivity contribution in [3.8, 4) is 5.75 Å². The van der Waals surface area contributed by atoms with E-state index in [0.717, 1.165) is 50.5 Å². The van der Waals surface area contributed by atoms with Crippen LogP contribution in [-0.4, -0.2) is 25.9 Å². The van der Waals surface area contributed by atoms with E-state index in [1.165, 1.54) is 12.8 Å². The number of benzene rings is 1. The van der Waals surface area contributed by atoms with E-state index >= 15 is 0 Å². The van der Waals surface area contributed by atoms with Crippen LogP contribution < -0.4 is 10.1 Å². The number of rotatable bonds is 6. The van der Waals surface area contributed by atoms with Gasteiger partial charge >= 0.3 is 0 Å². The predicted molar refractivity (Wildman–Crippen MR) is 80.4 cm³/mol. The van der Waals surface area contributed by atoms with Crippen LogP contribution in [-0.2, 0) is 11.3 Å². The van der Waals surface area contributed by atoms with E-state index in [9.17, 15) is 0 Å². The van der Waals surface area contributed by atoms with E-state index in [1.807, 2.05) is 12.1 Å². The molecule has 1 heterocycles. The maximum absolute atomic E-state index is 6.30. The van der Waals surface area contributed by atoms with Gasteiger partial charge in [0.05, 0.1) is 11.6 Å². The highest BCUT2D eigenvalue weighted by atomic mass is 35.5. The SMILES string of the molecule is Clc1cccc(CNC2CC2)c1OCC1CCOCC1. The van der Waals surface area contributed by atoms with Crippen molar-refractivity contribution in [2.45, 2.75) is 38.3 Å². The first-order valence-corrected chi connectivity index (χ1v) is 7.92. The third-order valence-electron chi connectivity index (χ3n) is 4.01. The number of hydrogen-bond acceptors (Lipinski definition) is 3. The van der Waals surface area contributed by atoms with Crippen molar-refractivity contribution in [1.29, 1.82) is 0 Å². The molecule has 1 N–H and O–H groups in total. The topological polar surface area (TPSA) is 30.5 Å². The average Bonchev–Trinajstić information content (AvgIpc) is 3.29. The van der Waals surface area contributed by atoms with Crippen molar-refractivity contribution < 1.29 is 9.47 Å². The van der Waals surface area contributed by atoms with Gasteiger partial charge in [-0.25, -0.2) is 0 Å². The first-order chi connectivity index (χ1) is 9.83. The number of halogens is 1. The second-order valence-electron chi connectivity index (χ2n) is 5.75. The lowest BCUT2D eigenvalue weighted by molar-refractivity contribution is 0.0496. The molecule has 2 aliphatic rings. The van der Waals surface area contributed by atoms with E-state index in [0.29, 0.717) is 17.0 Å². The van der Waals surface area contributed by atoms with Crippen molar-refractivity contribution in [2.24, 2.45) is 5.92 Å². The fourth-order valence-corrected chi connectivity index (χ4v) is 2.76. The highest BCUT2D eigenvalue weighted by Crippen LogP contribution is 2.30. The smallest absolute Gasteiger partial charge is 0.142 e. The Morgan fingerprint density at radius 1 is 1.20 bits per heavy atom. The van der Waals surface area contributed by atoms with Crippen molar-refractivity contribution in [3.63, 3.8) is 0 Å². The Morgan fingerprint density at radius 3 is 2.75 bits per heavy atom. The molecule has 110 valence electrons. The second kappa shape index (κ2) is 6.79. The Hall–Kier alpha value is -0.770. The summed E-state index contributed by atoms with van der Waals surface area (Å²) in [7, 11) is 0. The Kier molecular flexibility index (Phi) is 4.81. The van der Waals surface area contributed by atoms with Crippen LogP contribution >= 0.6 is 11.6 Å². The third kappa shape index (κ3) is 3.87. The van der Waals surface area contributed by atoms with Gasteiger partial charge in [0.2, 0.25) is 0 Å². The first kappa shape index (κ1) is 14.2. The van der Waals surface area contributed by atoms with Gasteiger partial charge in [-0.1, -0.05) is 23.7 Å². The summed E-state index contributed by atoms with van der Waals surface area (Å²) in [5.41, 5.74) is 1.16. The van der Waals surface area contributed by atoms with Crippen LogP contribution in [0.15, 0.2) is 18.2 Å². The summed E-state index contributed by atoms with van der Waals surface area (Å²) in [5.74, 6) is 1.44. The number of para-hydroxylation sites is 1. The molecule has 20 heavy (non-hydrogen) atoms. The third-order valence-corrected chi connectivity index (χ3v) is 4.31. The minimum Gasteiger partial charge on any atom is -0.491 e. The van der Waals surface area contributed by atoms with Crippen molar-refractivity contribution in [3.05, 3.63) is 28.8 Å². The van der Waals surface area contributed by atoms with Gasteiger partial charge in [-0.05, 0) is 37.7 Å². The van der Waals surface area contributed by atoms with E-state index in [-0.39, 0.29) is 0 Å². The highest BCUT2D eigenvalue weighted by Gasteiger charge is 2.21. The van der Waals surface area contributed by atoms with Crippen LogP contribution in [0.3, 0.4) is 0 Å². The first-order valence-electron chi connectivity index (χ1n) is 7.54. The zero-order valence-corrected chi connectivity index (χ0v) is 12.5.